The van der Waals surface area contributed by atoms with Crippen LogP contribution in [0.3, 0.4) is 0 Å². The molecule has 1 unspecified atom stereocenters. The molecule has 0 saturated carbocycles. The highest BCUT2D eigenvalue weighted by molar-refractivity contribution is 5.99. The van der Waals surface area contributed by atoms with Gasteiger partial charge < -0.3 is 14.3 Å². The number of aromatic nitrogens is 1. The predicted octanol–water partition coefficient (Wildman–Crippen LogP) is 2.86. The fourth-order valence-corrected chi connectivity index (χ4v) is 4.12. The average Bonchev–Trinajstić information content (AvgIpc) is 3.02. The van der Waals surface area contributed by atoms with Crippen molar-refractivity contribution in [1.82, 2.24) is 15.0 Å². The zero-order chi connectivity index (χ0) is 19.3. The fourth-order valence-electron chi connectivity index (χ4n) is 4.12. The molecule has 1 aromatic heterocycles. The molecule has 0 aliphatic carbocycles. The summed E-state index contributed by atoms with van der Waals surface area (Å²) in [6, 6.07) is 8.12. The molecular weight excluding hydrogens is 342 g/mol. The molecule has 0 N–H and O–H groups in total. The Bertz CT molecular complexity index is 910. The third-order valence-corrected chi connectivity index (χ3v) is 5.53. The molecule has 1 atom stereocenters. The fraction of sp³-hybridized carbons (Fsp3) is 0.476. The molecule has 2 aliphatic rings. The second-order valence-electron chi connectivity index (χ2n) is 8.45. The van der Waals surface area contributed by atoms with Gasteiger partial charge in [0.05, 0.1) is 6.04 Å². The van der Waals surface area contributed by atoms with Gasteiger partial charge in [0.25, 0.3) is 5.91 Å². The number of amides is 2. The van der Waals surface area contributed by atoms with Gasteiger partial charge in [-0.1, -0.05) is 50.2 Å². The van der Waals surface area contributed by atoms with Crippen molar-refractivity contribution in [3.8, 4) is 0 Å². The van der Waals surface area contributed by atoms with Gasteiger partial charge in [-0.05, 0) is 24.5 Å². The van der Waals surface area contributed by atoms with Crippen molar-refractivity contribution in [3.05, 3.63) is 52.4 Å². The quantitative estimate of drug-likeness (QED) is 0.777. The van der Waals surface area contributed by atoms with Crippen LogP contribution in [0.4, 0.5) is 0 Å². The van der Waals surface area contributed by atoms with Crippen LogP contribution in [-0.2, 0) is 16.6 Å². The van der Waals surface area contributed by atoms with E-state index in [4.69, 9.17) is 4.52 Å². The van der Waals surface area contributed by atoms with Crippen LogP contribution in [0.2, 0.25) is 0 Å². The zero-order valence-electron chi connectivity index (χ0n) is 16.3. The van der Waals surface area contributed by atoms with E-state index in [1.54, 1.807) is 11.8 Å². The molecule has 0 bridgehead atoms. The molecule has 1 aromatic carbocycles. The predicted molar refractivity (Wildman–Crippen MR) is 100 cm³/mol. The lowest BCUT2D eigenvalue weighted by atomic mass is 9.87. The van der Waals surface area contributed by atoms with E-state index in [0.717, 1.165) is 12.0 Å². The minimum Gasteiger partial charge on any atom is -0.361 e. The molecule has 1 saturated heterocycles. The summed E-state index contributed by atoms with van der Waals surface area (Å²) >= 11 is 0. The Morgan fingerprint density at radius 3 is 2.74 bits per heavy atom. The van der Waals surface area contributed by atoms with E-state index in [1.807, 2.05) is 37.8 Å². The minimum absolute atomic E-state index is 0.000480. The van der Waals surface area contributed by atoms with Crippen LogP contribution in [0.25, 0.3) is 0 Å². The highest BCUT2D eigenvalue weighted by atomic mass is 16.5. The Hall–Kier alpha value is -2.63. The minimum atomic E-state index is -0.313. The maximum atomic E-state index is 13.3. The van der Waals surface area contributed by atoms with Crippen molar-refractivity contribution in [2.24, 2.45) is 0 Å². The third-order valence-electron chi connectivity index (χ3n) is 5.53. The normalized spacial score (nSPS) is 19.7. The van der Waals surface area contributed by atoms with Gasteiger partial charge >= 0.3 is 0 Å². The second-order valence-corrected chi connectivity index (χ2v) is 8.45. The molecular formula is C21H25N3O3. The van der Waals surface area contributed by atoms with Crippen LogP contribution in [0.5, 0.6) is 0 Å². The van der Waals surface area contributed by atoms with Gasteiger partial charge in [0, 0.05) is 18.5 Å². The highest BCUT2D eigenvalue weighted by Gasteiger charge is 2.40. The number of carbonyl (C=O) groups excluding carboxylic acids is 2. The van der Waals surface area contributed by atoms with E-state index in [1.165, 1.54) is 5.56 Å². The Balaban J connectivity index is 1.68. The standard InChI is InChI=1S/C21H25N3O3/c1-13-18(19(22-27-13)21(2,3)4)20(26)23-11-16-15-8-6-5-7-14(15)9-10-24(16)17(25)12-23/h5-8,16H,9-12H2,1-4H3. The number of hydrogen-bond acceptors (Lipinski definition) is 4. The zero-order valence-corrected chi connectivity index (χ0v) is 16.3. The summed E-state index contributed by atoms with van der Waals surface area (Å²) in [6.07, 6.45) is 0.866. The maximum Gasteiger partial charge on any atom is 0.259 e. The lowest BCUT2D eigenvalue weighted by Crippen LogP contribution is -2.55. The summed E-state index contributed by atoms with van der Waals surface area (Å²) in [5.41, 5.74) is 3.23. The summed E-state index contributed by atoms with van der Waals surface area (Å²) in [7, 11) is 0. The largest absolute Gasteiger partial charge is 0.361 e. The van der Waals surface area contributed by atoms with Gasteiger partial charge in [-0.2, -0.15) is 0 Å². The number of fused-ring (bicyclic) bond motifs is 3. The molecule has 3 heterocycles. The second kappa shape index (κ2) is 6.22. The van der Waals surface area contributed by atoms with Crippen molar-refractivity contribution in [2.75, 3.05) is 19.6 Å². The number of aryl methyl sites for hydroxylation is 1. The molecule has 2 aromatic rings. The number of piperazine rings is 1. The van der Waals surface area contributed by atoms with Gasteiger partial charge in [-0.3, -0.25) is 9.59 Å². The smallest absolute Gasteiger partial charge is 0.259 e. The van der Waals surface area contributed by atoms with Gasteiger partial charge in [-0.25, -0.2) is 0 Å². The van der Waals surface area contributed by atoms with Crippen molar-refractivity contribution >= 4 is 11.8 Å². The monoisotopic (exact) mass is 367 g/mol. The van der Waals surface area contributed by atoms with E-state index >= 15 is 0 Å². The Labute approximate surface area is 159 Å². The molecule has 0 radical (unpaired) electrons. The van der Waals surface area contributed by atoms with Gasteiger partial charge in [0.2, 0.25) is 5.91 Å². The molecule has 142 valence electrons. The Kier molecular flexibility index (Phi) is 4.09. The first kappa shape index (κ1) is 17.8. The number of rotatable bonds is 1. The lowest BCUT2D eigenvalue weighted by molar-refractivity contribution is -0.139. The van der Waals surface area contributed by atoms with Crippen LogP contribution in [-0.4, -0.2) is 46.4 Å². The van der Waals surface area contributed by atoms with Crippen LogP contribution in [0.15, 0.2) is 28.8 Å². The number of carbonyl (C=O) groups is 2. The number of hydrogen-bond donors (Lipinski definition) is 0. The molecule has 2 amide bonds. The van der Waals surface area contributed by atoms with Crippen molar-refractivity contribution in [2.45, 2.75) is 45.6 Å². The summed E-state index contributed by atoms with van der Waals surface area (Å²) in [5, 5.41) is 4.12. The van der Waals surface area contributed by atoms with E-state index in [2.05, 4.69) is 17.3 Å². The Morgan fingerprint density at radius 1 is 1.26 bits per heavy atom. The van der Waals surface area contributed by atoms with Gasteiger partial charge in [0.1, 0.15) is 23.6 Å². The molecule has 1 fully saturated rings. The molecule has 2 aliphatic heterocycles. The van der Waals surface area contributed by atoms with E-state index in [-0.39, 0.29) is 29.8 Å². The highest BCUT2D eigenvalue weighted by Crippen LogP contribution is 2.34. The molecule has 27 heavy (non-hydrogen) atoms. The Morgan fingerprint density at radius 2 is 2.00 bits per heavy atom. The SMILES string of the molecule is Cc1onc(C(C)(C)C)c1C(=O)N1CC(=O)N2CCc3ccccc3C2C1. The summed E-state index contributed by atoms with van der Waals surface area (Å²) in [5.74, 6) is 0.332. The first-order valence-electron chi connectivity index (χ1n) is 9.40. The number of nitrogens with zero attached hydrogens (tertiary/aromatic N) is 3. The van der Waals surface area contributed by atoms with E-state index in [0.29, 0.717) is 30.1 Å². The van der Waals surface area contributed by atoms with E-state index < -0.39 is 0 Å². The summed E-state index contributed by atoms with van der Waals surface area (Å²) in [6.45, 7) is 9.07. The molecule has 6 heteroatoms. The van der Waals surface area contributed by atoms with Crippen molar-refractivity contribution < 1.29 is 14.1 Å². The van der Waals surface area contributed by atoms with Gasteiger partial charge in [-0.15, -0.1) is 0 Å². The third kappa shape index (κ3) is 2.93. The molecule has 4 rings (SSSR count). The molecule has 0 spiro atoms. The first-order valence-corrected chi connectivity index (χ1v) is 9.40. The van der Waals surface area contributed by atoms with Crippen molar-refractivity contribution in [1.29, 1.82) is 0 Å². The number of benzene rings is 1. The summed E-state index contributed by atoms with van der Waals surface area (Å²) < 4.78 is 5.33. The van der Waals surface area contributed by atoms with Crippen LogP contribution >= 0.6 is 0 Å². The van der Waals surface area contributed by atoms with Crippen molar-refractivity contribution in [3.63, 3.8) is 0 Å². The average molecular weight is 367 g/mol. The molecule has 6 nitrogen and oxygen atoms in total. The topological polar surface area (TPSA) is 66.7 Å². The van der Waals surface area contributed by atoms with Crippen LogP contribution in [0, 0.1) is 6.92 Å². The van der Waals surface area contributed by atoms with Gasteiger partial charge in [0.15, 0.2) is 0 Å². The van der Waals surface area contributed by atoms with Crippen LogP contribution in [0.1, 0.15) is 59.8 Å². The summed E-state index contributed by atoms with van der Waals surface area (Å²) in [4.78, 5) is 29.7. The van der Waals surface area contributed by atoms with E-state index in [9.17, 15) is 9.59 Å². The maximum absolute atomic E-state index is 13.3. The lowest BCUT2D eigenvalue weighted by Gasteiger charge is -2.44. The van der Waals surface area contributed by atoms with Crippen LogP contribution < -0.4 is 0 Å². The first-order chi connectivity index (χ1) is 12.8.